The van der Waals surface area contributed by atoms with E-state index in [-0.39, 0.29) is 40.6 Å². The van der Waals surface area contributed by atoms with Gasteiger partial charge in [0.15, 0.2) is 5.82 Å². The lowest BCUT2D eigenvalue weighted by atomic mass is 9.95. The first-order chi connectivity index (χ1) is 21.3. The monoisotopic (exact) mass is 642 g/mol. The number of anilines is 2. The van der Waals surface area contributed by atoms with Crippen LogP contribution in [0.1, 0.15) is 38.5 Å². The predicted octanol–water partition coefficient (Wildman–Crippen LogP) is 6.02. The zero-order valence-electron chi connectivity index (χ0n) is 24.3. The minimum atomic E-state index is -0.905. The molecule has 13 heteroatoms. The van der Waals surface area contributed by atoms with Crippen molar-refractivity contribution in [3.05, 3.63) is 34.4 Å². The van der Waals surface area contributed by atoms with Gasteiger partial charge in [-0.3, -0.25) is 9.69 Å². The molecule has 9 nitrogen and oxygen atoms in total. The molecular formula is C31H33ClF2N6O3S. The van der Waals surface area contributed by atoms with Gasteiger partial charge in [0.1, 0.15) is 29.9 Å². The second-order valence-corrected chi connectivity index (χ2v) is 13.3. The van der Waals surface area contributed by atoms with E-state index in [1.54, 1.807) is 12.1 Å². The van der Waals surface area contributed by atoms with Crippen molar-refractivity contribution in [3.8, 4) is 17.1 Å². The summed E-state index contributed by atoms with van der Waals surface area (Å²) >= 11 is 8.25. The number of hydrogen-bond acceptors (Lipinski definition) is 10. The Morgan fingerprint density at radius 3 is 2.89 bits per heavy atom. The highest BCUT2D eigenvalue weighted by Gasteiger charge is 2.49. The van der Waals surface area contributed by atoms with Crippen molar-refractivity contribution in [2.75, 3.05) is 50.5 Å². The van der Waals surface area contributed by atoms with E-state index in [0.29, 0.717) is 67.0 Å². The highest BCUT2D eigenvalue weighted by atomic mass is 35.5. The number of thiophene rings is 1. The van der Waals surface area contributed by atoms with E-state index in [1.807, 2.05) is 16.3 Å². The third-order valence-corrected chi connectivity index (χ3v) is 10.6. The molecule has 3 fully saturated rings. The lowest BCUT2D eigenvalue weighted by Gasteiger charge is -2.31. The molecule has 0 amide bonds. The molecule has 232 valence electrons. The van der Waals surface area contributed by atoms with Crippen LogP contribution in [0.5, 0.6) is 6.01 Å². The van der Waals surface area contributed by atoms with Crippen LogP contribution in [-0.4, -0.2) is 77.4 Å². The molecule has 44 heavy (non-hydrogen) atoms. The Morgan fingerprint density at radius 1 is 1.18 bits per heavy atom. The number of nitrogens with two attached hydrogens (primary N) is 1. The molecule has 3 saturated heterocycles. The number of alkyl halides is 1. The number of rotatable bonds is 6. The third-order valence-electron chi connectivity index (χ3n) is 9.34. The molecule has 3 aliphatic rings. The van der Waals surface area contributed by atoms with Crippen molar-refractivity contribution in [1.29, 1.82) is 0 Å². The van der Waals surface area contributed by atoms with Crippen LogP contribution in [0.4, 0.5) is 20.4 Å². The van der Waals surface area contributed by atoms with E-state index < -0.39 is 17.5 Å². The topological polar surface area (TPSA) is 107 Å². The van der Waals surface area contributed by atoms with E-state index in [9.17, 15) is 9.18 Å². The molecule has 1 unspecified atom stereocenters. The highest BCUT2D eigenvalue weighted by Crippen LogP contribution is 2.44. The zero-order valence-corrected chi connectivity index (χ0v) is 25.9. The van der Waals surface area contributed by atoms with Gasteiger partial charge in [0.2, 0.25) is 0 Å². The van der Waals surface area contributed by atoms with Crippen molar-refractivity contribution in [3.63, 3.8) is 0 Å². The number of nitrogen functional groups attached to an aromatic ring is 1. The van der Waals surface area contributed by atoms with Crippen molar-refractivity contribution >= 4 is 61.7 Å². The zero-order chi connectivity index (χ0) is 30.6. The van der Waals surface area contributed by atoms with Gasteiger partial charge in [-0.15, -0.1) is 11.3 Å². The maximum absolute atomic E-state index is 16.7. The Kier molecular flexibility index (Phi) is 7.70. The Balaban J connectivity index is 1.33. The van der Waals surface area contributed by atoms with Crippen LogP contribution in [0.25, 0.3) is 32.2 Å². The summed E-state index contributed by atoms with van der Waals surface area (Å²) in [6, 6.07) is 5.27. The summed E-state index contributed by atoms with van der Waals surface area (Å²) in [5.41, 5.74) is 6.88. The average molecular weight is 643 g/mol. The van der Waals surface area contributed by atoms with Gasteiger partial charge in [0.25, 0.3) is 0 Å². The van der Waals surface area contributed by atoms with Gasteiger partial charge >= 0.3 is 12.0 Å². The van der Waals surface area contributed by atoms with Crippen LogP contribution < -0.4 is 15.4 Å². The Labute approximate surface area is 262 Å². The van der Waals surface area contributed by atoms with E-state index in [2.05, 4.69) is 14.9 Å². The summed E-state index contributed by atoms with van der Waals surface area (Å²) in [6.45, 7) is 2.53. The van der Waals surface area contributed by atoms with Gasteiger partial charge in [-0.25, -0.2) is 13.8 Å². The number of benzene rings is 1. The molecular weight excluding hydrogens is 610 g/mol. The number of halogens is 3. The van der Waals surface area contributed by atoms with Crippen LogP contribution in [0, 0.1) is 11.7 Å². The number of carbonyl (C=O) groups is 1. The molecule has 0 saturated carbocycles. The van der Waals surface area contributed by atoms with Crippen LogP contribution in [0.2, 0.25) is 5.02 Å². The highest BCUT2D eigenvalue weighted by molar-refractivity contribution is 7.17. The van der Waals surface area contributed by atoms with Crippen LogP contribution >= 0.6 is 22.9 Å². The number of hydrogen-bond donors (Lipinski definition) is 1. The number of aromatic nitrogens is 3. The molecule has 1 aromatic carbocycles. The Hall–Kier alpha value is -3.35. The fraction of sp³-hybridized carbons (Fsp3) is 0.484. The van der Waals surface area contributed by atoms with Crippen molar-refractivity contribution in [2.45, 2.75) is 50.2 Å². The molecule has 4 aromatic rings. The summed E-state index contributed by atoms with van der Waals surface area (Å²) in [5.74, 6) is -0.268. The van der Waals surface area contributed by atoms with Crippen LogP contribution in [0.15, 0.2) is 23.6 Å². The van der Waals surface area contributed by atoms with E-state index in [1.165, 1.54) is 18.4 Å². The predicted molar refractivity (Wildman–Crippen MR) is 168 cm³/mol. The molecule has 2 N–H and O–H groups in total. The number of nitrogens with zero attached hydrogens (tertiary/aromatic N) is 5. The van der Waals surface area contributed by atoms with Gasteiger partial charge in [0, 0.05) is 47.9 Å². The molecule has 7 rings (SSSR count). The molecule has 0 aliphatic carbocycles. The summed E-state index contributed by atoms with van der Waals surface area (Å²) in [4.78, 5) is 30.3. The summed E-state index contributed by atoms with van der Waals surface area (Å²) < 4.78 is 43.3. The summed E-state index contributed by atoms with van der Waals surface area (Å²) in [5, 5.41) is 2.45. The van der Waals surface area contributed by atoms with Gasteiger partial charge in [-0.05, 0) is 56.8 Å². The number of ether oxygens (including phenoxy) is 2. The molecule has 0 radical (unpaired) electrons. The van der Waals surface area contributed by atoms with Gasteiger partial charge in [-0.1, -0.05) is 11.6 Å². The summed E-state index contributed by atoms with van der Waals surface area (Å²) in [7, 11) is 1.40. The Morgan fingerprint density at radius 2 is 2.05 bits per heavy atom. The fourth-order valence-electron chi connectivity index (χ4n) is 7.18. The first-order valence-electron chi connectivity index (χ1n) is 14.9. The van der Waals surface area contributed by atoms with E-state index >= 15 is 4.39 Å². The van der Waals surface area contributed by atoms with Crippen molar-refractivity contribution in [2.24, 2.45) is 5.92 Å². The SMILES string of the molecule is COC(=O)C1CCCN(c2nc(OC[C@@]34CCCN3C[C@H](F)C4)nc3c(F)c(-c4csc5ccc(N)nc45)c(Cl)cc23)CC1. The number of esters is 1. The molecule has 3 aliphatic heterocycles. The van der Waals surface area contributed by atoms with Crippen molar-refractivity contribution < 1.29 is 23.0 Å². The van der Waals surface area contributed by atoms with Gasteiger partial charge in [-0.2, -0.15) is 9.97 Å². The summed E-state index contributed by atoms with van der Waals surface area (Å²) in [6.07, 6.45) is 3.25. The smallest absolute Gasteiger partial charge is 0.319 e. The first-order valence-corrected chi connectivity index (χ1v) is 16.2. The maximum Gasteiger partial charge on any atom is 0.319 e. The fourth-order valence-corrected chi connectivity index (χ4v) is 8.36. The van der Waals surface area contributed by atoms with Gasteiger partial charge in [0.05, 0.1) is 33.8 Å². The normalized spacial score (nSPS) is 24.1. The first kappa shape index (κ1) is 29.4. The standard InChI is InChI=1S/C31H33ClF2N6O3S/c1-42-29(41)17-4-2-9-39(11-7-17)28-19-12-21(32)24(20-15-44-22-5-6-23(35)36-26(20)22)25(34)27(19)37-30(38-28)43-16-31-8-3-10-40(31)14-18(33)13-31/h5-6,12,15,17-18H,2-4,7-11,13-14,16H2,1H3,(H2,35,36)/t17?,18-,31+/m1/s1. The second-order valence-electron chi connectivity index (χ2n) is 12.0. The largest absolute Gasteiger partial charge is 0.469 e. The molecule has 0 bridgehead atoms. The molecule has 0 spiro atoms. The number of carbonyl (C=O) groups excluding carboxylic acids is 1. The lowest BCUT2D eigenvalue weighted by Crippen LogP contribution is -2.43. The Bertz CT molecular complexity index is 1760. The minimum Gasteiger partial charge on any atom is -0.469 e. The third kappa shape index (κ3) is 5.10. The van der Waals surface area contributed by atoms with E-state index in [0.717, 1.165) is 30.5 Å². The lowest BCUT2D eigenvalue weighted by molar-refractivity contribution is -0.145. The van der Waals surface area contributed by atoms with E-state index in [4.69, 9.17) is 31.8 Å². The average Bonchev–Trinajstić information content (AvgIpc) is 3.61. The molecule has 3 aromatic heterocycles. The number of pyridine rings is 1. The number of fused-ring (bicyclic) bond motifs is 3. The molecule has 3 atom stereocenters. The van der Waals surface area contributed by atoms with Gasteiger partial charge < -0.3 is 20.1 Å². The second kappa shape index (κ2) is 11.5. The quantitative estimate of drug-likeness (QED) is 0.253. The maximum atomic E-state index is 16.7. The van der Waals surface area contributed by atoms with Crippen LogP contribution in [-0.2, 0) is 9.53 Å². The number of methoxy groups -OCH3 is 1. The van der Waals surface area contributed by atoms with Crippen LogP contribution in [0.3, 0.4) is 0 Å². The van der Waals surface area contributed by atoms with Crippen molar-refractivity contribution in [1.82, 2.24) is 19.9 Å². The molecule has 6 heterocycles. The minimum absolute atomic E-state index is 0.0227.